The Hall–Kier alpha value is -0.570. The Morgan fingerprint density at radius 2 is 2.21 bits per heavy atom. The van der Waals surface area contributed by atoms with Crippen LogP contribution >= 0.6 is 11.6 Å². The Balaban J connectivity index is 2.17. The molecule has 0 saturated heterocycles. The van der Waals surface area contributed by atoms with Crippen molar-refractivity contribution in [2.45, 2.75) is 45.2 Å². The van der Waals surface area contributed by atoms with Gasteiger partial charge < -0.3 is 5.73 Å². The van der Waals surface area contributed by atoms with Crippen LogP contribution in [0.15, 0.2) is 24.3 Å². The first-order valence-corrected chi connectivity index (χ1v) is 7.76. The second kappa shape index (κ2) is 6.74. The van der Waals surface area contributed by atoms with Crippen molar-refractivity contribution < 1.29 is 0 Å². The molecule has 0 amide bonds. The zero-order valence-electron chi connectivity index (χ0n) is 12.0. The number of rotatable bonds is 5. The van der Waals surface area contributed by atoms with Crippen molar-refractivity contribution in [3.8, 4) is 0 Å². The van der Waals surface area contributed by atoms with Crippen molar-refractivity contribution in [1.29, 1.82) is 0 Å². The monoisotopic (exact) mass is 280 g/mol. The van der Waals surface area contributed by atoms with Gasteiger partial charge >= 0.3 is 0 Å². The third kappa shape index (κ3) is 3.31. The molecule has 2 N–H and O–H groups in total. The highest BCUT2D eigenvalue weighted by Gasteiger charge is 2.33. The highest BCUT2D eigenvalue weighted by Crippen LogP contribution is 2.34. The molecule has 1 aromatic carbocycles. The number of hydrogen-bond donors (Lipinski definition) is 1. The lowest BCUT2D eigenvalue weighted by Crippen LogP contribution is -2.41. The van der Waals surface area contributed by atoms with Crippen molar-refractivity contribution in [3.63, 3.8) is 0 Å². The maximum atomic E-state index is 6.11. The molecule has 3 atom stereocenters. The fourth-order valence-electron chi connectivity index (χ4n) is 3.48. The zero-order valence-corrected chi connectivity index (χ0v) is 12.7. The summed E-state index contributed by atoms with van der Waals surface area (Å²) in [4.78, 5) is 2.59. The molecule has 1 fully saturated rings. The third-order valence-electron chi connectivity index (χ3n) is 4.54. The van der Waals surface area contributed by atoms with Crippen LogP contribution in [0.4, 0.5) is 0 Å². The van der Waals surface area contributed by atoms with Gasteiger partial charge in [0.25, 0.3) is 0 Å². The maximum absolute atomic E-state index is 6.11. The Labute approximate surface area is 121 Å². The molecule has 0 heterocycles. The number of nitrogens with zero attached hydrogens (tertiary/aromatic N) is 1. The summed E-state index contributed by atoms with van der Waals surface area (Å²) in [5, 5.41) is 0.821. The topological polar surface area (TPSA) is 29.3 Å². The lowest BCUT2D eigenvalue weighted by Gasteiger charge is -2.37. The second-order valence-electron chi connectivity index (χ2n) is 5.56. The van der Waals surface area contributed by atoms with E-state index in [4.69, 9.17) is 17.3 Å². The van der Waals surface area contributed by atoms with E-state index in [9.17, 15) is 0 Å². The molecule has 0 aliphatic heterocycles. The average molecular weight is 281 g/mol. The predicted molar refractivity (Wildman–Crippen MR) is 82.4 cm³/mol. The van der Waals surface area contributed by atoms with E-state index in [1.807, 2.05) is 12.1 Å². The van der Waals surface area contributed by atoms with Crippen molar-refractivity contribution >= 4 is 11.6 Å². The van der Waals surface area contributed by atoms with E-state index in [-0.39, 0.29) is 0 Å². The normalized spacial score (nSPS) is 24.9. The Morgan fingerprint density at radius 3 is 2.84 bits per heavy atom. The van der Waals surface area contributed by atoms with Gasteiger partial charge in [-0.3, -0.25) is 4.90 Å². The molecule has 1 aliphatic rings. The van der Waals surface area contributed by atoms with Gasteiger partial charge in [0.1, 0.15) is 0 Å². The molecule has 2 rings (SSSR count). The maximum Gasteiger partial charge on any atom is 0.0409 e. The first-order chi connectivity index (χ1) is 9.17. The fraction of sp³-hybridized carbons (Fsp3) is 0.625. The molecule has 1 saturated carbocycles. The fourth-order valence-corrected chi connectivity index (χ4v) is 3.68. The molecule has 0 bridgehead atoms. The largest absolute Gasteiger partial charge is 0.330 e. The average Bonchev–Trinajstić information content (AvgIpc) is 2.88. The van der Waals surface area contributed by atoms with E-state index in [1.54, 1.807) is 0 Å². The highest BCUT2D eigenvalue weighted by atomic mass is 35.5. The molecule has 0 aromatic heterocycles. The molecule has 1 aliphatic carbocycles. The molecular formula is C16H25ClN2. The lowest BCUT2D eigenvalue weighted by atomic mass is 9.98. The molecular weight excluding hydrogens is 256 g/mol. The number of halogens is 1. The number of benzene rings is 1. The van der Waals surface area contributed by atoms with Gasteiger partial charge in [-0.15, -0.1) is 0 Å². The molecule has 3 unspecified atom stereocenters. The van der Waals surface area contributed by atoms with E-state index in [0.717, 1.165) is 18.1 Å². The van der Waals surface area contributed by atoms with Crippen LogP contribution in [0.1, 0.15) is 44.7 Å². The van der Waals surface area contributed by atoms with Crippen molar-refractivity contribution in [2.24, 2.45) is 11.7 Å². The minimum Gasteiger partial charge on any atom is -0.330 e. The van der Waals surface area contributed by atoms with Crippen molar-refractivity contribution in [2.75, 3.05) is 13.1 Å². The smallest absolute Gasteiger partial charge is 0.0409 e. The number of hydrogen-bond acceptors (Lipinski definition) is 2. The van der Waals surface area contributed by atoms with Gasteiger partial charge in [-0.05, 0) is 56.5 Å². The summed E-state index contributed by atoms with van der Waals surface area (Å²) in [7, 11) is 0. The van der Waals surface area contributed by atoms with Gasteiger partial charge in [0, 0.05) is 17.1 Å². The van der Waals surface area contributed by atoms with Crippen molar-refractivity contribution in [1.82, 2.24) is 4.90 Å². The summed E-state index contributed by atoms with van der Waals surface area (Å²) < 4.78 is 0. The van der Waals surface area contributed by atoms with Crippen LogP contribution in [0.2, 0.25) is 5.02 Å². The van der Waals surface area contributed by atoms with E-state index < -0.39 is 0 Å². The zero-order chi connectivity index (χ0) is 13.8. The third-order valence-corrected chi connectivity index (χ3v) is 4.78. The Kier molecular flexibility index (Phi) is 5.26. The lowest BCUT2D eigenvalue weighted by molar-refractivity contribution is 0.123. The van der Waals surface area contributed by atoms with E-state index in [0.29, 0.717) is 18.0 Å². The summed E-state index contributed by atoms with van der Waals surface area (Å²) >= 11 is 6.11. The SMILES string of the molecule is CCN(C(C)c1cccc(Cl)c1)C1CCCC1CN. The first-order valence-electron chi connectivity index (χ1n) is 7.38. The van der Waals surface area contributed by atoms with Crippen LogP contribution in [0.3, 0.4) is 0 Å². The first kappa shape index (κ1) is 14.8. The molecule has 0 spiro atoms. The van der Waals surface area contributed by atoms with Crippen LogP contribution in [0.5, 0.6) is 0 Å². The van der Waals surface area contributed by atoms with Gasteiger partial charge in [0.2, 0.25) is 0 Å². The molecule has 106 valence electrons. The Bertz CT molecular complexity index is 407. The highest BCUT2D eigenvalue weighted by molar-refractivity contribution is 6.30. The van der Waals surface area contributed by atoms with Crippen LogP contribution < -0.4 is 5.73 Å². The van der Waals surface area contributed by atoms with Gasteiger partial charge in [0.05, 0.1) is 0 Å². The van der Waals surface area contributed by atoms with E-state index in [1.165, 1.54) is 24.8 Å². The van der Waals surface area contributed by atoms with Gasteiger partial charge in [-0.25, -0.2) is 0 Å². The Morgan fingerprint density at radius 1 is 1.42 bits per heavy atom. The standard InChI is InChI=1S/C16H25ClN2/c1-3-19(16-9-5-7-14(16)11-18)12(2)13-6-4-8-15(17)10-13/h4,6,8,10,12,14,16H,3,5,7,9,11,18H2,1-2H3. The van der Waals surface area contributed by atoms with Gasteiger partial charge in [-0.1, -0.05) is 37.1 Å². The van der Waals surface area contributed by atoms with Crippen LogP contribution in [-0.2, 0) is 0 Å². The minimum absolute atomic E-state index is 0.404. The summed E-state index contributed by atoms with van der Waals surface area (Å²) in [6.07, 6.45) is 3.87. The van der Waals surface area contributed by atoms with Crippen LogP contribution in [0.25, 0.3) is 0 Å². The van der Waals surface area contributed by atoms with Crippen molar-refractivity contribution in [3.05, 3.63) is 34.9 Å². The quantitative estimate of drug-likeness (QED) is 0.888. The van der Waals surface area contributed by atoms with Gasteiger partial charge in [0.15, 0.2) is 0 Å². The summed E-state index contributed by atoms with van der Waals surface area (Å²) in [6.45, 7) is 6.40. The van der Waals surface area contributed by atoms with Gasteiger partial charge in [-0.2, -0.15) is 0 Å². The second-order valence-corrected chi connectivity index (χ2v) is 5.99. The summed E-state index contributed by atoms with van der Waals surface area (Å²) in [6, 6.07) is 9.26. The van der Waals surface area contributed by atoms with Crippen LogP contribution in [0, 0.1) is 5.92 Å². The summed E-state index contributed by atoms with van der Waals surface area (Å²) in [5.74, 6) is 0.654. The van der Waals surface area contributed by atoms with E-state index in [2.05, 4.69) is 30.9 Å². The van der Waals surface area contributed by atoms with Crippen LogP contribution in [-0.4, -0.2) is 24.0 Å². The van der Waals surface area contributed by atoms with E-state index >= 15 is 0 Å². The minimum atomic E-state index is 0.404. The molecule has 19 heavy (non-hydrogen) atoms. The molecule has 3 heteroatoms. The number of nitrogens with two attached hydrogens (primary N) is 1. The predicted octanol–water partition coefficient (Wildman–Crippen LogP) is 3.85. The molecule has 0 radical (unpaired) electrons. The molecule has 2 nitrogen and oxygen atoms in total. The summed E-state index contributed by atoms with van der Waals surface area (Å²) in [5.41, 5.74) is 7.23. The molecule has 1 aromatic rings.